The summed E-state index contributed by atoms with van der Waals surface area (Å²) >= 11 is 0. The van der Waals surface area contributed by atoms with Gasteiger partial charge in [0.05, 0.1) is 0 Å². The molecule has 0 aliphatic heterocycles. The monoisotopic (exact) mass is 350 g/mol. The van der Waals surface area contributed by atoms with Gasteiger partial charge in [-0.3, -0.25) is 0 Å². The first kappa shape index (κ1) is 19.7. The highest BCUT2D eigenvalue weighted by atomic mass is 31.1. The number of allylic oxidation sites excluding steroid dienone is 7. The van der Waals surface area contributed by atoms with Crippen LogP contribution in [0.25, 0.3) is 11.6 Å². The van der Waals surface area contributed by atoms with Crippen LogP contribution >= 0.6 is 8.58 Å². The van der Waals surface area contributed by atoms with Gasteiger partial charge in [-0.2, -0.15) is 0 Å². The molecule has 2 atom stereocenters. The van der Waals surface area contributed by atoms with Gasteiger partial charge < -0.3 is 0 Å². The molecular formula is C24H31P. The van der Waals surface area contributed by atoms with E-state index >= 15 is 0 Å². The van der Waals surface area contributed by atoms with Crippen molar-refractivity contribution < 1.29 is 0 Å². The van der Waals surface area contributed by atoms with Gasteiger partial charge in [0.25, 0.3) is 0 Å². The number of hydrogen-bond donors (Lipinski definition) is 0. The molecule has 0 amide bonds. The second-order valence-corrected chi connectivity index (χ2v) is 8.83. The van der Waals surface area contributed by atoms with Gasteiger partial charge in [-0.15, -0.1) is 0 Å². The van der Waals surface area contributed by atoms with E-state index in [0.29, 0.717) is 11.6 Å². The Hall–Kier alpha value is -1.65. The molecule has 25 heavy (non-hydrogen) atoms. The Kier molecular flexibility index (Phi) is 7.66. The normalized spacial score (nSPS) is 18.5. The molecule has 132 valence electrons. The Morgan fingerprint density at radius 1 is 1.32 bits per heavy atom. The fourth-order valence-corrected chi connectivity index (χ4v) is 3.80. The van der Waals surface area contributed by atoms with Crippen molar-refractivity contribution in [1.29, 1.82) is 0 Å². The molecular weight excluding hydrogens is 319 g/mol. The molecule has 1 aromatic rings. The summed E-state index contributed by atoms with van der Waals surface area (Å²) in [5, 5.41) is 0. The molecule has 1 aliphatic carbocycles. The third kappa shape index (κ3) is 5.68. The summed E-state index contributed by atoms with van der Waals surface area (Å²) in [5.41, 5.74) is 7.17. The van der Waals surface area contributed by atoms with Crippen LogP contribution < -0.4 is 0 Å². The minimum absolute atomic E-state index is 0.530. The van der Waals surface area contributed by atoms with E-state index < -0.39 is 0 Å². The lowest BCUT2D eigenvalue weighted by molar-refractivity contribution is 0.640. The zero-order valence-corrected chi connectivity index (χ0v) is 17.0. The van der Waals surface area contributed by atoms with Crippen molar-refractivity contribution in [3.05, 3.63) is 83.2 Å². The molecule has 0 spiro atoms. The summed E-state index contributed by atoms with van der Waals surface area (Å²) in [5.74, 6) is 2.84. The summed E-state index contributed by atoms with van der Waals surface area (Å²) in [6, 6.07) is 8.65. The van der Waals surface area contributed by atoms with Gasteiger partial charge in [0.15, 0.2) is 0 Å². The largest absolute Gasteiger partial charge is 0.0957 e. The molecule has 1 heteroatoms. The summed E-state index contributed by atoms with van der Waals surface area (Å²) in [6.45, 7) is 13.3. The van der Waals surface area contributed by atoms with E-state index in [2.05, 4.69) is 94.7 Å². The molecule has 0 N–H and O–H groups in total. The molecule has 0 nitrogen and oxygen atoms in total. The molecule has 2 unspecified atom stereocenters. The first-order valence-corrected chi connectivity index (χ1v) is 10.4. The predicted molar refractivity (Wildman–Crippen MR) is 117 cm³/mol. The fraction of sp³-hybridized carbons (Fsp3) is 0.333. The zero-order valence-electron chi connectivity index (χ0n) is 16.0. The van der Waals surface area contributed by atoms with Crippen LogP contribution in [0.3, 0.4) is 0 Å². The molecule has 0 saturated carbocycles. The van der Waals surface area contributed by atoms with Gasteiger partial charge in [-0.1, -0.05) is 95.0 Å². The maximum absolute atomic E-state index is 4.49. The summed E-state index contributed by atoms with van der Waals surface area (Å²) in [7, 11) is 0.858. The Morgan fingerprint density at radius 2 is 2.08 bits per heavy atom. The highest BCUT2D eigenvalue weighted by Gasteiger charge is 2.20. The van der Waals surface area contributed by atoms with E-state index in [0.717, 1.165) is 21.4 Å². The first-order chi connectivity index (χ1) is 12.0. The van der Waals surface area contributed by atoms with Crippen LogP contribution in [0.1, 0.15) is 51.7 Å². The van der Waals surface area contributed by atoms with E-state index in [9.17, 15) is 0 Å². The van der Waals surface area contributed by atoms with Crippen molar-refractivity contribution in [3.63, 3.8) is 0 Å². The van der Waals surface area contributed by atoms with E-state index in [1.54, 1.807) is 0 Å². The van der Waals surface area contributed by atoms with E-state index in [1.807, 2.05) is 0 Å². The molecule has 0 bridgehead atoms. The minimum atomic E-state index is 0.530. The highest BCUT2D eigenvalue weighted by molar-refractivity contribution is 7.42. The van der Waals surface area contributed by atoms with Crippen molar-refractivity contribution in [2.45, 2.75) is 46.2 Å². The van der Waals surface area contributed by atoms with Gasteiger partial charge in [0.2, 0.25) is 0 Å². The number of hydrogen-bond acceptors (Lipinski definition) is 0. The highest BCUT2D eigenvalue weighted by Crippen LogP contribution is 2.37. The first-order valence-electron chi connectivity index (χ1n) is 9.23. The zero-order chi connectivity index (χ0) is 18.2. The molecule has 0 saturated heterocycles. The second kappa shape index (κ2) is 9.73. The lowest BCUT2D eigenvalue weighted by atomic mass is 9.80. The SMILES string of the molecule is C=C(C1=CC(C)=CCC1CC=CC)c1ccccc1/C=C\PC(C)C. The Bertz CT molecular complexity index is 711. The van der Waals surface area contributed by atoms with Crippen LogP contribution in [-0.2, 0) is 0 Å². The van der Waals surface area contributed by atoms with Crippen molar-refractivity contribution in [2.24, 2.45) is 5.92 Å². The minimum Gasteiger partial charge on any atom is -0.0957 e. The van der Waals surface area contributed by atoms with Crippen molar-refractivity contribution in [3.8, 4) is 0 Å². The van der Waals surface area contributed by atoms with Crippen LogP contribution in [0.15, 0.2) is 72.1 Å². The Morgan fingerprint density at radius 3 is 2.80 bits per heavy atom. The summed E-state index contributed by atoms with van der Waals surface area (Å²) < 4.78 is 0. The maximum atomic E-state index is 4.49. The second-order valence-electron chi connectivity index (χ2n) is 7.01. The summed E-state index contributed by atoms with van der Waals surface area (Å²) in [4.78, 5) is 0. The van der Waals surface area contributed by atoms with Gasteiger partial charge in [-0.25, -0.2) is 0 Å². The topological polar surface area (TPSA) is 0 Å². The quantitative estimate of drug-likeness (QED) is 0.350. The fourth-order valence-electron chi connectivity index (χ4n) is 3.14. The molecule has 1 aliphatic rings. The van der Waals surface area contributed by atoms with E-state index in [1.165, 1.54) is 27.8 Å². The molecule has 0 radical (unpaired) electrons. The average molecular weight is 350 g/mol. The summed E-state index contributed by atoms with van der Waals surface area (Å²) in [6.07, 6.45) is 13.6. The van der Waals surface area contributed by atoms with Crippen molar-refractivity contribution in [1.82, 2.24) is 0 Å². The van der Waals surface area contributed by atoms with Crippen molar-refractivity contribution in [2.75, 3.05) is 0 Å². The third-order valence-corrected chi connectivity index (χ3v) is 5.56. The van der Waals surface area contributed by atoms with Crippen molar-refractivity contribution >= 4 is 20.2 Å². The molecule has 2 rings (SSSR count). The van der Waals surface area contributed by atoms with Gasteiger partial charge in [0, 0.05) is 0 Å². The van der Waals surface area contributed by atoms with Gasteiger partial charge in [-0.05, 0) is 60.5 Å². The Labute approximate surface area is 155 Å². The van der Waals surface area contributed by atoms with Crippen LogP contribution in [0.5, 0.6) is 0 Å². The van der Waals surface area contributed by atoms with Crippen LogP contribution in [-0.4, -0.2) is 5.66 Å². The van der Waals surface area contributed by atoms with Crippen LogP contribution in [0, 0.1) is 5.92 Å². The van der Waals surface area contributed by atoms with E-state index in [-0.39, 0.29) is 0 Å². The number of benzene rings is 1. The van der Waals surface area contributed by atoms with Crippen LogP contribution in [0.2, 0.25) is 0 Å². The van der Waals surface area contributed by atoms with Gasteiger partial charge >= 0.3 is 0 Å². The molecule has 1 aromatic carbocycles. The van der Waals surface area contributed by atoms with Crippen LogP contribution in [0.4, 0.5) is 0 Å². The predicted octanol–water partition coefficient (Wildman–Crippen LogP) is 7.62. The standard InChI is InChI=1S/C24H31P/c1-6-7-10-21-14-13-19(4)17-24(21)20(5)23-12-9-8-11-22(23)15-16-25-18(2)3/h6-9,11-13,15-18,21,25H,5,10,14H2,1-4H3/b7-6?,16-15-. The Balaban J connectivity index is 2.32. The maximum Gasteiger partial charge on any atom is -0.00866 e. The molecule has 0 heterocycles. The number of rotatable bonds is 7. The smallest absolute Gasteiger partial charge is 0.00866 e. The lowest BCUT2D eigenvalue weighted by Gasteiger charge is -2.25. The average Bonchev–Trinajstić information content (AvgIpc) is 2.60. The lowest BCUT2D eigenvalue weighted by Crippen LogP contribution is -2.09. The molecule has 0 aromatic heterocycles. The molecule has 0 fully saturated rings. The van der Waals surface area contributed by atoms with E-state index in [4.69, 9.17) is 0 Å². The van der Waals surface area contributed by atoms with Gasteiger partial charge in [0.1, 0.15) is 0 Å². The third-order valence-electron chi connectivity index (χ3n) is 4.53.